The van der Waals surface area contributed by atoms with Gasteiger partial charge in [-0.3, -0.25) is 4.79 Å². The Morgan fingerprint density at radius 1 is 1.50 bits per heavy atom. The summed E-state index contributed by atoms with van der Waals surface area (Å²) in [6, 6.07) is 4.05. The summed E-state index contributed by atoms with van der Waals surface area (Å²) >= 11 is 0. The fourth-order valence-electron chi connectivity index (χ4n) is 2.55. The molecule has 1 atom stereocenters. The van der Waals surface area contributed by atoms with Crippen molar-refractivity contribution in [2.45, 2.75) is 32.7 Å². The maximum absolute atomic E-state index is 12.4. The molecule has 2 rings (SSSR count). The van der Waals surface area contributed by atoms with Gasteiger partial charge in [-0.2, -0.15) is 0 Å². The monoisotopic (exact) mass is 247 g/mol. The normalized spacial score (nSPS) is 19.3. The highest BCUT2D eigenvalue weighted by atomic mass is 16.2. The Labute approximate surface area is 108 Å². The van der Waals surface area contributed by atoms with Gasteiger partial charge in [-0.25, -0.2) is 4.98 Å². The summed E-state index contributed by atoms with van der Waals surface area (Å²) in [7, 11) is 1.84. The van der Waals surface area contributed by atoms with E-state index in [9.17, 15) is 4.79 Å². The second kappa shape index (κ2) is 5.38. The van der Waals surface area contributed by atoms with E-state index in [2.05, 4.69) is 24.1 Å². The van der Waals surface area contributed by atoms with Gasteiger partial charge in [-0.15, -0.1) is 0 Å². The summed E-state index contributed by atoms with van der Waals surface area (Å²) in [6.07, 6.45) is 3.91. The topological polar surface area (TPSA) is 45.2 Å². The van der Waals surface area contributed by atoms with Crippen LogP contribution in [0.2, 0.25) is 0 Å². The molecule has 1 aliphatic heterocycles. The number of pyridine rings is 1. The molecule has 0 bridgehead atoms. The molecule has 1 aromatic heterocycles. The zero-order valence-electron chi connectivity index (χ0n) is 11.3. The van der Waals surface area contributed by atoms with E-state index < -0.39 is 0 Å². The third-order valence-electron chi connectivity index (χ3n) is 3.60. The van der Waals surface area contributed by atoms with Crippen molar-refractivity contribution < 1.29 is 4.79 Å². The second-order valence-electron chi connectivity index (χ2n) is 5.13. The first-order chi connectivity index (χ1) is 8.63. The predicted octanol–water partition coefficient (Wildman–Crippen LogP) is 2.38. The molecule has 1 amide bonds. The number of nitrogens with one attached hydrogen (secondary N) is 1. The standard InChI is InChI=1S/C14H21N3O/c1-10(2)13-5-4-8-17(13)14(18)12-7-6-11(15-3)9-16-12/h6-7,9-10,13,15H,4-5,8H2,1-3H3. The molecule has 4 heteroatoms. The molecule has 1 N–H and O–H groups in total. The predicted molar refractivity (Wildman–Crippen MR) is 72.7 cm³/mol. The van der Waals surface area contributed by atoms with E-state index in [1.165, 1.54) is 0 Å². The molecular formula is C14H21N3O. The lowest BCUT2D eigenvalue weighted by molar-refractivity contribution is 0.0695. The van der Waals surface area contributed by atoms with Gasteiger partial charge in [0.1, 0.15) is 5.69 Å². The molecule has 2 heterocycles. The van der Waals surface area contributed by atoms with Gasteiger partial charge in [-0.1, -0.05) is 13.8 Å². The van der Waals surface area contributed by atoms with Crippen LogP contribution >= 0.6 is 0 Å². The van der Waals surface area contributed by atoms with Crippen LogP contribution in [0.15, 0.2) is 18.3 Å². The molecular weight excluding hydrogens is 226 g/mol. The van der Waals surface area contributed by atoms with Crippen LogP contribution in [-0.4, -0.2) is 35.4 Å². The summed E-state index contributed by atoms with van der Waals surface area (Å²) in [5.74, 6) is 0.571. The van der Waals surface area contributed by atoms with Gasteiger partial charge in [-0.05, 0) is 30.9 Å². The number of rotatable bonds is 3. The molecule has 4 nitrogen and oxygen atoms in total. The average Bonchev–Trinajstić information content (AvgIpc) is 2.87. The van der Waals surface area contributed by atoms with Crippen molar-refractivity contribution in [2.75, 3.05) is 18.9 Å². The van der Waals surface area contributed by atoms with Gasteiger partial charge in [0, 0.05) is 19.6 Å². The highest BCUT2D eigenvalue weighted by molar-refractivity contribution is 5.92. The van der Waals surface area contributed by atoms with Crippen LogP contribution in [0, 0.1) is 5.92 Å². The molecule has 0 aromatic carbocycles. The van der Waals surface area contributed by atoms with E-state index in [1.807, 2.05) is 18.0 Å². The zero-order valence-corrected chi connectivity index (χ0v) is 11.3. The maximum Gasteiger partial charge on any atom is 0.272 e. The van der Waals surface area contributed by atoms with Crippen molar-refractivity contribution >= 4 is 11.6 Å². The molecule has 1 saturated heterocycles. The summed E-state index contributed by atoms with van der Waals surface area (Å²) < 4.78 is 0. The van der Waals surface area contributed by atoms with Crippen molar-refractivity contribution in [3.63, 3.8) is 0 Å². The number of carbonyl (C=O) groups excluding carboxylic acids is 1. The Morgan fingerprint density at radius 2 is 2.28 bits per heavy atom. The van der Waals surface area contributed by atoms with E-state index in [-0.39, 0.29) is 5.91 Å². The van der Waals surface area contributed by atoms with Crippen molar-refractivity contribution in [3.8, 4) is 0 Å². The second-order valence-corrected chi connectivity index (χ2v) is 5.13. The quantitative estimate of drug-likeness (QED) is 0.892. The minimum absolute atomic E-state index is 0.0638. The van der Waals surface area contributed by atoms with Crippen molar-refractivity contribution in [3.05, 3.63) is 24.0 Å². The van der Waals surface area contributed by atoms with Gasteiger partial charge in [0.15, 0.2) is 0 Å². The van der Waals surface area contributed by atoms with Crippen molar-refractivity contribution in [1.29, 1.82) is 0 Å². The first kappa shape index (κ1) is 12.9. The first-order valence-electron chi connectivity index (χ1n) is 6.58. The smallest absolute Gasteiger partial charge is 0.272 e. The minimum atomic E-state index is 0.0638. The van der Waals surface area contributed by atoms with Crippen LogP contribution in [0.1, 0.15) is 37.2 Å². The number of likely N-dealkylation sites (tertiary alicyclic amines) is 1. The maximum atomic E-state index is 12.4. The van der Waals surface area contributed by atoms with E-state index in [0.717, 1.165) is 25.1 Å². The zero-order chi connectivity index (χ0) is 13.1. The average molecular weight is 247 g/mol. The van der Waals surface area contributed by atoms with Crippen LogP contribution in [0.3, 0.4) is 0 Å². The Kier molecular flexibility index (Phi) is 3.84. The van der Waals surface area contributed by atoms with Crippen molar-refractivity contribution in [1.82, 2.24) is 9.88 Å². The van der Waals surface area contributed by atoms with Gasteiger partial charge in [0.2, 0.25) is 0 Å². The van der Waals surface area contributed by atoms with E-state index in [0.29, 0.717) is 17.7 Å². The van der Waals surface area contributed by atoms with Gasteiger partial charge >= 0.3 is 0 Å². The van der Waals surface area contributed by atoms with Crippen LogP contribution in [-0.2, 0) is 0 Å². The van der Waals surface area contributed by atoms with Crippen LogP contribution in [0.25, 0.3) is 0 Å². The molecule has 0 aliphatic carbocycles. The molecule has 0 spiro atoms. The van der Waals surface area contributed by atoms with Crippen LogP contribution in [0.5, 0.6) is 0 Å². The number of hydrogen-bond acceptors (Lipinski definition) is 3. The van der Waals surface area contributed by atoms with E-state index >= 15 is 0 Å². The lowest BCUT2D eigenvalue weighted by Crippen LogP contribution is -2.38. The SMILES string of the molecule is CNc1ccc(C(=O)N2CCCC2C(C)C)nc1. The molecule has 98 valence electrons. The Balaban J connectivity index is 2.14. The molecule has 0 radical (unpaired) electrons. The molecule has 1 fully saturated rings. The number of anilines is 1. The first-order valence-corrected chi connectivity index (χ1v) is 6.58. The molecule has 1 aliphatic rings. The Hall–Kier alpha value is -1.58. The fourth-order valence-corrected chi connectivity index (χ4v) is 2.55. The van der Waals surface area contributed by atoms with E-state index in [4.69, 9.17) is 0 Å². The lowest BCUT2D eigenvalue weighted by atomic mass is 10.0. The van der Waals surface area contributed by atoms with Crippen LogP contribution in [0.4, 0.5) is 5.69 Å². The summed E-state index contributed by atoms with van der Waals surface area (Å²) in [6.45, 7) is 5.21. The summed E-state index contributed by atoms with van der Waals surface area (Å²) in [5.41, 5.74) is 1.47. The molecule has 18 heavy (non-hydrogen) atoms. The Morgan fingerprint density at radius 3 is 2.83 bits per heavy atom. The largest absolute Gasteiger partial charge is 0.387 e. The van der Waals surface area contributed by atoms with Crippen molar-refractivity contribution in [2.24, 2.45) is 5.92 Å². The number of hydrogen-bond donors (Lipinski definition) is 1. The van der Waals surface area contributed by atoms with Crippen LogP contribution < -0.4 is 5.32 Å². The summed E-state index contributed by atoms with van der Waals surface area (Å²) in [5, 5.41) is 3.00. The van der Waals surface area contributed by atoms with Gasteiger partial charge in [0.05, 0.1) is 11.9 Å². The fraction of sp³-hybridized carbons (Fsp3) is 0.571. The molecule has 1 aromatic rings. The van der Waals surface area contributed by atoms with E-state index in [1.54, 1.807) is 12.3 Å². The summed E-state index contributed by atoms with van der Waals surface area (Å²) in [4.78, 5) is 18.6. The highest BCUT2D eigenvalue weighted by Crippen LogP contribution is 2.25. The number of carbonyl (C=O) groups is 1. The number of aromatic nitrogens is 1. The van der Waals surface area contributed by atoms with Gasteiger partial charge < -0.3 is 10.2 Å². The Bertz CT molecular complexity index is 414. The van der Waals surface area contributed by atoms with Gasteiger partial charge in [0.25, 0.3) is 5.91 Å². The lowest BCUT2D eigenvalue weighted by Gasteiger charge is -2.27. The minimum Gasteiger partial charge on any atom is -0.387 e. The number of nitrogens with zero attached hydrogens (tertiary/aromatic N) is 2. The number of amides is 1. The highest BCUT2D eigenvalue weighted by Gasteiger charge is 2.31. The third-order valence-corrected chi connectivity index (χ3v) is 3.60. The molecule has 0 saturated carbocycles. The third kappa shape index (κ3) is 2.47. The molecule has 1 unspecified atom stereocenters.